The molecule has 2 fully saturated rings. The molecular formula is C41H44N8O7. The van der Waals surface area contributed by atoms with Gasteiger partial charge in [-0.3, -0.25) is 19.7 Å². The summed E-state index contributed by atoms with van der Waals surface area (Å²) in [4.78, 5) is 49.7. The zero-order valence-electron chi connectivity index (χ0n) is 31.0. The molecule has 0 radical (unpaired) electrons. The second kappa shape index (κ2) is 16.9. The average molecular weight is 761 g/mol. The Labute approximate surface area is 323 Å². The zero-order chi connectivity index (χ0) is 38.4. The van der Waals surface area contributed by atoms with Gasteiger partial charge >= 0.3 is 0 Å². The molecule has 0 spiro atoms. The van der Waals surface area contributed by atoms with Crippen LogP contribution in [0.4, 0.5) is 5.82 Å². The summed E-state index contributed by atoms with van der Waals surface area (Å²) in [6.45, 7) is 5.19. The van der Waals surface area contributed by atoms with Crippen LogP contribution in [0.3, 0.4) is 0 Å². The number of rotatable bonds is 15. The summed E-state index contributed by atoms with van der Waals surface area (Å²) < 4.78 is 25.4. The third-order valence-electron chi connectivity index (χ3n) is 10.4. The van der Waals surface area contributed by atoms with Crippen molar-refractivity contribution in [2.45, 2.75) is 44.3 Å². The van der Waals surface area contributed by atoms with E-state index in [1.165, 1.54) is 11.2 Å². The Morgan fingerprint density at radius 1 is 0.804 bits per heavy atom. The number of amides is 3. The molecule has 0 aliphatic carbocycles. The van der Waals surface area contributed by atoms with E-state index in [9.17, 15) is 14.4 Å². The first kappa shape index (κ1) is 37.0. The third-order valence-corrected chi connectivity index (χ3v) is 10.4. The number of nitrogens with two attached hydrogens (primary N) is 1. The SMILES string of the molecule is Nc1ncnc2c1c(-c1ccc(Oc3ccccc3)cc1)nn2C1CCN(CCOCCOCCOc2ccc3c(c2)C(=O)N(C2CCC(=O)NC2=O)C3)CC1. The summed E-state index contributed by atoms with van der Waals surface area (Å²) >= 11 is 0. The molecule has 1 unspecified atom stereocenters. The van der Waals surface area contributed by atoms with E-state index in [1.807, 2.05) is 71.4 Å². The molecule has 3 aromatic carbocycles. The number of nitrogen functional groups attached to an aromatic ring is 1. The monoisotopic (exact) mass is 760 g/mol. The van der Waals surface area contributed by atoms with Gasteiger partial charge in [0.15, 0.2) is 5.65 Å². The quantitative estimate of drug-likeness (QED) is 0.114. The highest BCUT2D eigenvalue weighted by molar-refractivity contribution is 6.05. The zero-order valence-corrected chi connectivity index (χ0v) is 31.0. The largest absolute Gasteiger partial charge is 0.491 e. The van der Waals surface area contributed by atoms with Crippen molar-refractivity contribution in [2.75, 3.05) is 58.4 Å². The molecule has 3 aliphatic heterocycles. The standard InChI is InChI=1S/C41H44N8O7/c42-38-36-37(27-6-9-31(10-7-27)56-30-4-2-1-3-5-30)46-49(39(36)44-26-43-38)29-14-16-47(17-15-29)18-19-53-20-21-54-22-23-55-32-11-8-28-25-48(41(52)33(28)24-32)34-12-13-35(50)45-40(34)51/h1-11,24,26,29,34H,12-23,25H2,(H2,42,43,44)(H,45,50,51). The van der Waals surface area contributed by atoms with Crippen LogP contribution in [0.1, 0.15) is 47.6 Å². The number of anilines is 1. The minimum atomic E-state index is -0.642. The molecule has 1 atom stereocenters. The van der Waals surface area contributed by atoms with Crippen LogP contribution >= 0.6 is 0 Å². The summed E-state index contributed by atoms with van der Waals surface area (Å²) in [6, 6.07) is 22.4. The number of imide groups is 1. The van der Waals surface area contributed by atoms with Crippen LogP contribution in [0.25, 0.3) is 22.3 Å². The third kappa shape index (κ3) is 8.20. The van der Waals surface area contributed by atoms with E-state index in [1.54, 1.807) is 6.07 Å². The van der Waals surface area contributed by atoms with Crippen molar-refractivity contribution < 1.29 is 33.3 Å². The maximum atomic E-state index is 13.0. The summed E-state index contributed by atoms with van der Waals surface area (Å²) in [5.41, 5.74) is 10.1. The van der Waals surface area contributed by atoms with Gasteiger partial charge in [0.05, 0.1) is 37.9 Å². The number of piperidine rings is 2. The molecule has 56 heavy (non-hydrogen) atoms. The lowest BCUT2D eigenvalue weighted by Crippen LogP contribution is -2.52. The van der Waals surface area contributed by atoms with Gasteiger partial charge in [-0.05, 0) is 73.4 Å². The van der Waals surface area contributed by atoms with E-state index in [4.69, 9.17) is 29.8 Å². The smallest absolute Gasteiger partial charge is 0.255 e. The van der Waals surface area contributed by atoms with Gasteiger partial charge in [-0.2, -0.15) is 5.10 Å². The van der Waals surface area contributed by atoms with Crippen LogP contribution in [-0.4, -0.2) is 106 Å². The van der Waals surface area contributed by atoms with E-state index >= 15 is 0 Å². The van der Waals surface area contributed by atoms with E-state index in [0.717, 1.165) is 71.8 Å². The van der Waals surface area contributed by atoms with E-state index < -0.39 is 11.9 Å². The highest BCUT2D eigenvalue weighted by Gasteiger charge is 2.39. The van der Waals surface area contributed by atoms with Gasteiger partial charge < -0.3 is 34.5 Å². The van der Waals surface area contributed by atoms with Gasteiger partial charge in [0.25, 0.3) is 5.91 Å². The Morgan fingerprint density at radius 3 is 2.32 bits per heavy atom. The fraction of sp³-hybridized carbons (Fsp3) is 0.366. The van der Waals surface area contributed by atoms with Crippen molar-refractivity contribution >= 4 is 34.6 Å². The molecule has 290 valence electrons. The number of benzene rings is 3. The number of carbonyl (C=O) groups is 3. The van der Waals surface area contributed by atoms with Crippen molar-refractivity contribution in [3.63, 3.8) is 0 Å². The Kier molecular flexibility index (Phi) is 11.1. The van der Waals surface area contributed by atoms with Crippen LogP contribution in [0.5, 0.6) is 17.2 Å². The molecule has 15 heteroatoms. The molecule has 2 saturated heterocycles. The average Bonchev–Trinajstić information content (AvgIpc) is 3.76. The van der Waals surface area contributed by atoms with E-state index in [0.29, 0.717) is 63.1 Å². The second-order valence-corrected chi connectivity index (χ2v) is 14.1. The number of hydrogen-bond acceptors (Lipinski definition) is 12. The van der Waals surface area contributed by atoms with E-state index in [-0.39, 0.29) is 24.3 Å². The first-order valence-electron chi connectivity index (χ1n) is 19.0. The molecule has 0 bridgehead atoms. The topological polar surface area (TPSA) is 176 Å². The fourth-order valence-electron chi connectivity index (χ4n) is 7.50. The Balaban J connectivity index is 0.740. The first-order valence-corrected chi connectivity index (χ1v) is 19.0. The fourth-order valence-corrected chi connectivity index (χ4v) is 7.50. The van der Waals surface area contributed by atoms with Crippen LogP contribution in [-0.2, 0) is 25.6 Å². The molecule has 2 aromatic heterocycles. The number of nitrogens with zero attached hydrogens (tertiary/aromatic N) is 6. The number of aromatic nitrogens is 4. The second-order valence-electron chi connectivity index (χ2n) is 14.1. The summed E-state index contributed by atoms with van der Waals surface area (Å²) in [5, 5.41) is 8.13. The summed E-state index contributed by atoms with van der Waals surface area (Å²) in [5.74, 6) is 1.52. The molecule has 0 saturated carbocycles. The number of para-hydroxylation sites is 1. The number of nitrogens with one attached hydrogen (secondary N) is 1. The number of carbonyl (C=O) groups excluding carboxylic acids is 3. The Hall–Kier alpha value is -5.90. The lowest BCUT2D eigenvalue weighted by molar-refractivity contribution is -0.136. The maximum Gasteiger partial charge on any atom is 0.255 e. The number of ether oxygens (including phenoxy) is 4. The van der Waals surface area contributed by atoms with Crippen LogP contribution in [0, 0.1) is 0 Å². The normalized spacial score (nSPS) is 17.7. The van der Waals surface area contributed by atoms with Crippen molar-refractivity contribution in [3.05, 3.63) is 90.3 Å². The molecule has 15 nitrogen and oxygen atoms in total. The lowest BCUT2D eigenvalue weighted by Gasteiger charge is -2.32. The van der Waals surface area contributed by atoms with Crippen molar-refractivity contribution in [3.8, 4) is 28.5 Å². The van der Waals surface area contributed by atoms with E-state index in [2.05, 4.69) is 20.2 Å². The minimum Gasteiger partial charge on any atom is -0.491 e. The van der Waals surface area contributed by atoms with Crippen LogP contribution in [0.15, 0.2) is 79.1 Å². The summed E-state index contributed by atoms with van der Waals surface area (Å²) in [6.07, 6.45) is 3.89. The van der Waals surface area contributed by atoms with Gasteiger partial charge in [0, 0.05) is 43.7 Å². The van der Waals surface area contributed by atoms with Crippen molar-refractivity contribution in [2.24, 2.45) is 0 Å². The molecular weight excluding hydrogens is 716 g/mol. The maximum absolute atomic E-state index is 13.0. The molecule has 3 aliphatic rings. The highest BCUT2D eigenvalue weighted by Crippen LogP contribution is 2.35. The molecule has 8 rings (SSSR count). The first-order chi connectivity index (χ1) is 27.4. The van der Waals surface area contributed by atoms with Crippen molar-refractivity contribution in [1.29, 1.82) is 0 Å². The molecule has 5 heterocycles. The number of fused-ring (bicyclic) bond motifs is 2. The minimum absolute atomic E-state index is 0.179. The van der Waals surface area contributed by atoms with Gasteiger partial charge in [0.2, 0.25) is 11.8 Å². The highest BCUT2D eigenvalue weighted by atomic mass is 16.5. The van der Waals surface area contributed by atoms with Gasteiger partial charge in [-0.25, -0.2) is 14.6 Å². The van der Waals surface area contributed by atoms with Crippen LogP contribution < -0.4 is 20.5 Å². The Morgan fingerprint density at radius 2 is 1.54 bits per heavy atom. The van der Waals surface area contributed by atoms with Crippen molar-refractivity contribution in [1.82, 2.24) is 34.9 Å². The Bertz CT molecular complexity index is 2190. The number of hydrogen-bond donors (Lipinski definition) is 2. The van der Waals surface area contributed by atoms with Gasteiger partial charge in [-0.15, -0.1) is 0 Å². The van der Waals surface area contributed by atoms with Crippen LogP contribution in [0.2, 0.25) is 0 Å². The predicted octanol–water partition coefficient (Wildman–Crippen LogP) is 4.38. The predicted molar refractivity (Wildman–Crippen MR) is 206 cm³/mol. The van der Waals surface area contributed by atoms with Gasteiger partial charge in [0.1, 0.15) is 47.7 Å². The molecule has 3 amide bonds. The molecule has 3 N–H and O–H groups in total. The number of likely N-dealkylation sites (tertiary alicyclic amines) is 1. The molecule has 5 aromatic rings. The lowest BCUT2D eigenvalue weighted by atomic mass is 10.0. The summed E-state index contributed by atoms with van der Waals surface area (Å²) in [7, 11) is 0. The van der Waals surface area contributed by atoms with Gasteiger partial charge in [-0.1, -0.05) is 24.3 Å².